The van der Waals surface area contributed by atoms with E-state index < -0.39 is 4.92 Å². The van der Waals surface area contributed by atoms with Crippen LogP contribution in [-0.2, 0) is 0 Å². The quantitative estimate of drug-likeness (QED) is 0.180. The van der Waals surface area contributed by atoms with Gasteiger partial charge in [0.2, 0.25) is 5.43 Å². The number of nitro groups is 1. The first-order valence-corrected chi connectivity index (χ1v) is 11.6. The number of non-ortho nitro benzene ring substituents is 1. The fourth-order valence-corrected chi connectivity index (χ4v) is 5.59. The zero-order valence-corrected chi connectivity index (χ0v) is 18.1. The summed E-state index contributed by atoms with van der Waals surface area (Å²) in [5.74, 6) is 0.468. The van der Waals surface area contributed by atoms with Gasteiger partial charge in [-0.15, -0.1) is 11.3 Å². The number of nitrogens with zero attached hydrogens (tertiary/aromatic N) is 3. The molecule has 0 radical (unpaired) electrons. The number of fused-ring (bicyclic) bond motifs is 2. The molecule has 0 bridgehead atoms. The summed E-state index contributed by atoms with van der Waals surface area (Å²) in [6.45, 7) is 0. The van der Waals surface area contributed by atoms with Crippen molar-refractivity contribution < 1.29 is 4.92 Å². The minimum Gasteiger partial charge on any atom is -0.289 e. The average Bonchev–Trinajstić information content (AvgIpc) is 3.08. The van der Waals surface area contributed by atoms with E-state index in [4.69, 9.17) is 4.98 Å². The third-order valence-electron chi connectivity index (χ3n) is 6.17. The van der Waals surface area contributed by atoms with Gasteiger partial charge in [-0.05, 0) is 37.1 Å². The number of hydrogen-bond acceptors (Lipinski definition) is 6. The molecule has 0 amide bonds. The van der Waals surface area contributed by atoms with Gasteiger partial charge in [0.1, 0.15) is 16.0 Å². The molecule has 162 valence electrons. The Morgan fingerprint density at radius 3 is 2.34 bits per heavy atom. The second-order valence-corrected chi connectivity index (χ2v) is 9.20. The molecule has 4 aromatic rings. The summed E-state index contributed by atoms with van der Waals surface area (Å²) in [5, 5.41) is 11.7. The maximum atomic E-state index is 13.8. The van der Waals surface area contributed by atoms with Crippen LogP contribution in [0.25, 0.3) is 31.7 Å². The summed E-state index contributed by atoms with van der Waals surface area (Å²) in [6.07, 6.45) is 5.96. The van der Waals surface area contributed by atoms with Crippen LogP contribution in [0.2, 0.25) is 0 Å². The molecule has 5 rings (SSSR count). The summed E-state index contributed by atoms with van der Waals surface area (Å²) < 4.78 is 2.45. The Kier molecular flexibility index (Phi) is 5.30. The van der Waals surface area contributed by atoms with Crippen molar-refractivity contribution in [2.45, 2.75) is 44.6 Å². The van der Waals surface area contributed by atoms with E-state index in [0.717, 1.165) is 43.2 Å². The molecular weight excluding hydrogens is 426 g/mol. The van der Waals surface area contributed by atoms with Crippen LogP contribution in [-0.4, -0.2) is 14.5 Å². The predicted molar refractivity (Wildman–Crippen MR) is 126 cm³/mol. The maximum absolute atomic E-state index is 13.8. The van der Waals surface area contributed by atoms with Crippen LogP contribution < -0.4 is 11.0 Å². The first-order valence-electron chi connectivity index (χ1n) is 10.8. The van der Waals surface area contributed by atoms with Crippen LogP contribution in [0, 0.1) is 10.1 Å². The lowest BCUT2D eigenvalue weighted by atomic mass is 10.1. The standard InChI is InChI=1S/C24H21N3O4S/c28-21-18-9-5-6-10-19(18)32-23-20(21)24(29)26(16-7-3-1-2-4-8-16)22(25-23)15-11-13-17(14-12-15)27(30)31/h5-6,9-14,16H,1-4,7-8H2. The second-order valence-electron chi connectivity index (χ2n) is 8.17. The van der Waals surface area contributed by atoms with Gasteiger partial charge in [-0.25, -0.2) is 4.98 Å². The van der Waals surface area contributed by atoms with Crippen molar-refractivity contribution in [1.82, 2.24) is 9.55 Å². The number of aromatic nitrogens is 2. The molecule has 0 spiro atoms. The Hall–Kier alpha value is -3.39. The monoisotopic (exact) mass is 447 g/mol. The molecule has 1 saturated carbocycles. The van der Waals surface area contributed by atoms with Crippen molar-refractivity contribution in [2.24, 2.45) is 0 Å². The molecule has 2 aromatic carbocycles. The molecular formula is C24H21N3O4S. The second kappa shape index (κ2) is 8.27. The third kappa shape index (κ3) is 3.50. The Labute approximate surface area is 187 Å². The summed E-state index contributed by atoms with van der Waals surface area (Å²) >= 11 is 1.32. The summed E-state index contributed by atoms with van der Waals surface area (Å²) in [7, 11) is 0. The van der Waals surface area contributed by atoms with Crippen molar-refractivity contribution in [2.75, 3.05) is 0 Å². The largest absolute Gasteiger partial charge is 0.289 e. The van der Waals surface area contributed by atoms with Gasteiger partial charge < -0.3 is 0 Å². The number of rotatable bonds is 3. The predicted octanol–water partition coefficient (Wildman–Crippen LogP) is 5.44. The van der Waals surface area contributed by atoms with Crippen molar-refractivity contribution in [3.05, 3.63) is 79.2 Å². The summed E-state index contributed by atoms with van der Waals surface area (Å²) in [4.78, 5) is 42.9. The fourth-order valence-electron chi connectivity index (χ4n) is 4.55. The van der Waals surface area contributed by atoms with Crippen molar-refractivity contribution >= 4 is 37.3 Å². The first kappa shape index (κ1) is 20.5. The lowest BCUT2D eigenvalue weighted by molar-refractivity contribution is -0.384. The minimum atomic E-state index is -0.450. The highest BCUT2D eigenvalue weighted by atomic mass is 32.1. The maximum Gasteiger partial charge on any atom is 0.269 e. The molecule has 1 aliphatic rings. The lowest BCUT2D eigenvalue weighted by Gasteiger charge is -2.22. The number of hydrogen-bond donors (Lipinski definition) is 0. The number of benzene rings is 2. The van der Waals surface area contributed by atoms with Gasteiger partial charge in [0.25, 0.3) is 11.2 Å². The molecule has 0 atom stereocenters. The van der Waals surface area contributed by atoms with E-state index in [1.807, 2.05) is 12.1 Å². The highest BCUT2D eigenvalue weighted by molar-refractivity contribution is 7.24. The molecule has 1 fully saturated rings. The van der Waals surface area contributed by atoms with E-state index in [1.54, 1.807) is 28.8 Å². The van der Waals surface area contributed by atoms with Crippen LogP contribution in [0.15, 0.2) is 58.1 Å². The molecule has 2 aromatic heterocycles. The van der Waals surface area contributed by atoms with Crippen LogP contribution >= 0.6 is 11.3 Å². The van der Waals surface area contributed by atoms with Crippen molar-refractivity contribution in [1.29, 1.82) is 0 Å². The van der Waals surface area contributed by atoms with Gasteiger partial charge in [-0.3, -0.25) is 24.3 Å². The first-order chi connectivity index (χ1) is 15.5. The van der Waals surface area contributed by atoms with Crippen LogP contribution in [0.3, 0.4) is 0 Å². The van der Waals surface area contributed by atoms with E-state index in [9.17, 15) is 19.7 Å². The zero-order chi connectivity index (χ0) is 22.2. The number of nitro benzene ring substituents is 1. The summed E-state index contributed by atoms with van der Waals surface area (Å²) in [5.41, 5.74) is 0.00642. The van der Waals surface area contributed by atoms with Crippen LogP contribution in [0.4, 0.5) is 5.69 Å². The smallest absolute Gasteiger partial charge is 0.269 e. The molecule has 0 saturated heterocycles. The Morgan fingerprint density at radius 1 is 0.969 bits per heavy atom. The summed E-state index contributed by atoms with van der Waals surface area (Å²) in [6, 6.07) is 13.3. The van der Waals surface area contributed by atoms with Gasteiger partial charge in [-0.1, -0.05) is 37.8 Å². The van der Waals surface area contributed by atoms with E-state index in [1.165, 1.54) is 23.5 Å². The average molecular weight is 448 g/mol. The van der Waals surface area contributed by atoms with Gasteiger partial charge in [0.05, 0.1) is 4.92 Å². The molecule has 2 heterocycles. The Bertz CT molecular complexity index is 1450. The molecule has 0 unspecified atom stereocenters. The van der Waals surface area contributed by atoms with Gasteiger partial charge in [0, 0.05) is 33.8 Å². The zero-order valence-electron chi connectivity index (χ0n) is 17.3. The van der Waals surface area contributed by atoms with E-state index in [-0.39, 0.29) is 28.1 Å². The van der Waals surface area contributed by atoms with Crippen molar-refractivity contribution in [3.8, 4) is 11.4 Å². The molecule has 1 aliphatic carbocycles. The van der Waals surface area contributed by atoms with E-state index in [0.29, 0.717) is 21.6 Å². The highest BCUT2D eigenvalue weighted by Crippen LogP contribution is 2.32. The van der Waals surface area contributed by atoms with E-state index in [2.05, 4.69) is 0 Å². The molecule has 7 nitrogen and oxygen atoms in total. The fraction of sp³-hybridized carbons (Fsp3) is 0.292. The normalized spacial score (nSPS) is 15.1. The van der Waals surface area contributed by atoms with Gasteiger partial charge in [0.15, 0.2) is 0 Å². The van der Waals surface area contributed by atoms with Gasteiger partial charge in [-0.2, -0.15) is 0 Å². The van der Waals surface area contributed by atoms with Gasteiger partial charge >= 0.3 is 0 Å². The lowest BCUT2D eigenvalue weighted by Crippen LogP contribution is -2.30. The minimum absolute atomic E-state index is 0.0199. The van der Waals surface area contributed by atoms with Crippen LogP contribution in [0.5, 0.6) is 0 Å². The van der Waals surface area contributed by atoms with Crippen molar-refractivity contribution in [3.63, 3.8) is 0 Å². The third-order valence-corrected chi connectivity index (χ3v) is 7.24. The SMILES string of the molecule is O=c1c2ccccc2sc2nc(-c3ccc([N+](=O)[O-])cc3)n(C3CCCCCC3)c(=O)c12. The van der Waals surface area contributed by atoms with Crippen LogP contribution in [0.1, 0.15) is 44.6 Å². The Morgan fingerprint density at radius 2 is 1.66 bits per heavy atom. The molecule has 32 heavy (non-hydrogen) atoms. The topological polar surface area (TPSA) is 95.1 Å². The molecule has 8 heteroatoms. The van der Waals surface area contributed by atoms with E-state index >= 15 is 0 Å². The molecule has 0 aliphatic heterocycles. The Balaban J connectivity index is 1.83. The highest BCUT2D eigenvalue weighted by Gasteiger charge is 2.24. The molecule has 0 N–H and O–H groups in total.